The van der Waals surface area contributed by atoms with E-state index in [1.54, 1.807) is 0 Å². The molecule has 0 bridgehead atoms. The Morgan fingerprint density at radius 2 is 2.04 bits per heavy atom. The van der Waals surface area contributed by atoms with Crippen LogP contribution in [0.5, 0.6) is 0 Å². The predicted octanol–water partition coefficient (Wildman–Crippen LogP) is 3.44. The lowest BCUT2D eigenvalue weighted by Gasteiger charge is -2.32. The number of nitrogens with one attached hydrogen (secondary N) is 1. The SMILES string of the molecule is Cc1ccc(C)c(NC(=O)CN2CCCC(c3nnc4n3CCCCC4)C2)c1. The van der Waals surface area contributed by atoms with Crippen molar-refractivity contribution in [2.45, 2.75) is 64.8 Å². The van der Waals surface area contributed by atoms with E-state index in [1.165, 1.54) is 19.3 Å². The number of fused-ring (bicyclic) bond motifs is 1. The van der Waals surface area contributed by atoms with E-state index >= 15 is 0 Å². The number of likely N-dealkylation sites (tertiary alicyclic amines) is 1. The van der Waals surface area contributed by atoms with Gasteiger partial charge in [-0.25, -0.2) is 0 Å². The van der Waals surface area contributed by atoms with Crippen molar-refractivity contribution in [3.63, 3.8) is 0 Å². The van der Waals surface area contributed by atoms with Gasteiger partial charge in [-0.1, -0.05) is 18.6 Å². The van der Waals surface area contributed by atoms with Gasteiger partial charge < -0.3 is 9.88 Å². The number of nitrogens with zero attached hydrogens (tertiary/aromatic N) is 4. The lowest BCUT2D eigenvalue weighted by atomic mass is 9.97. The van der Waals surface area contributed by atoms with E-state index in [9.17, 15) is 4.79 Å². The number of benzene rings is 1. The summed E-state index contributed by atoms with van der Waals surface area (Å²) in [4.78, 5) is 14.9. The van der Waals surface area contributed by atoms with Gasteiger partial charge >= 0.3 is 0 Å². The summed E-state index contributed by atoms with van der Waals surface area (Å²) >= 11 is 0. The van der Waals surface area contributed by atoms with Crippen LogP contribution >= 0.6 is 0 Å². The zero-order chi connectivity index (χ0) is 19.5. The van der Waals surface area contributed by atoms with Crippen molar-refractivity contribution in [3.05, 3.63) is 41.0 Å². The zero-order valence-electron chi connectivity index (χ0n) is 17.1. The van der Waals surface area contributed by atoms with Crippen molar-refractivity contribution in [1.82, 2.24) is 19.7 Å². The predicted molar refractivity (Wildman–Crippen MR) is 111 cm³/mol. The van der Waals surface area contributed by atoms with Crippen molar-refractivity contribution < 1.29 is 4.79 Å². The Labute approximate surface area is 167 Å². The summed E-state index contributed by atoms with van der Waals surface area (Å²) in [5.74, 6) is 2.73. The number of carbonyl (C=O) groups is 1. The molecule has 1 saturated heterocycles. The average molecular weight is 382 g/mol. The first-order chi connectivity index (χ1) is 13.6. The zero-order valence-corrected chi connectivity index (χ0v) is 17.1. The minimum absolute atomic E-state index is 0.0643. The van der Waals surface area contributed by atoms with Crippen molar-refractivity contribution >= 4 is 11.6 Å². The maximum absolute atomic E-state index is 12.6. The van der Waals surface area contributed by atoms with Crippen molar-refractivity contribution in [2.75, 3.05) is 25.0 Å². The standard InChI is InChI=1S/C22H31N5O/c1-16-9-10-17(2)19(13-16)23-21(28)15-26-11-6-7-18(14-26)22-25-24-20-8-4-3-5-12-27(20)22/h9-10,13,18H,3-8,11-12,14-15H2,1-2H3,(H,23,28). The number of anilines is 1. The molecule has 2 aliphatic rings. The Kier molecular flexibility index (Phi) is 5.76. The third kappa shape index (κ3) is 4.27. The monoisotopic (exact) mass is 381 g/mol. The van der Waals surface area contributed by atoms with E-state index in [1.807, 2.05) is 19.9 Å². The Hall–Kier alpha value is -2.21. The Morgan fingerprint density at radius 3 is 2.93 bits per heavy atom. The number of aryl methyl sites for hydroxylation is 3. The van der Waals surface area contributed by atoms with Crippen LogP contribution < -0.4 is 5.32 Å². The summed E-state index contributed by atoms with van der Waals surface area (Å²) in [5, 5.41) is 12.1. The molecule has 1 fully saturated rings. The number of amides is 1. The van der Waals surface area contributed by atoms with Gasteiger partial charge in [0, 0.05) is 31.1 Å². The molecule has 3 heterocycles. The first-order valence-electron chi connectivity index (χ1n) is 10.6. The molecule has 2 aromatic rings. The molecule has 1 atom stereocenters. The molecule has 0 radical (unpaired) electrons. The summed E-state index contributed by atoms with van der Waals surface area (Å²) in [6.07, 6.45) is 6.98. The van der Waals surface area contributed by atoms with Crippen LogP contribution in [0.25, 0.3) is 0 Å². The number of piperidine rings is 1. The van der Waals surface area contributed by atoms with E-state index in [2.05, 4.69) is 37.1 Å². The highest BCUT2D eigenvalue weighted by atomic mass is 16.2. The summed E-state index contributed by atoms with van der Waals surface area (Å²) in [6, 6.07) is 6.16. The highest BCUT2D eigenvalue weighted by molar-refractivity contribution is 5.93. The van der Waals surface area contributed by atoms with Gasteiger partial charge in [-0.2, -0.15) is 0 Å². The second kappa shape index (κ2) is 8.43. The molecule has 2 aliphatic heterocycles. The minimum atomic E-state index is 0.0643. The van der Waals surface area contributed by atoms with E-state index < -0.39 is 0 Å². The van der Waals surface area contributed by atoms with Crippen molar-refractivity contribution in [1.29, 1.82) is 0 Å². The molecule has 1 unspecified atom stereocenters. The van der Waals surface area contributed by atoms with Crippen LogP contribution in [-0.2, 0) is 17.8 Å². The molecule has 1 amide bonds. The molecular formula is C22H31N5O. The lowest BCUT2D eigenvalue weighted by molar-refractivity contribution is -0.117. The van der Waals surface area contributed by atoms with Gasteiger partial charge in [0.25, 0.3) is 0 Å². The quantitative estimate of drug-likeness (QED) is 0.881. The summed E-state index contributed by atoms with van der Waals surface area (Å²) in [6.45, 7) is 7.41. The van der Waals surface area contributed by atoms with Gasteiger partial charge in [0.2, 0.25) is 5.91 Å². The topological polar surface area (TPSA) is 63.1 Å². The lowest BCUT2D eigenvalue weighted by Crippen LogP contribution is -2.40. The van der Waals surface area contributed by atoms with Crippen LogP contribution in [0.4, 0.5) is 5.69 Å². The number of rotatable bonds is 4. The molecule has 150 valence electrons. The van der Waals surface area contributed by atoms with Gasteiger partial charge in [-0.3, -0.25) is 9.69 Å². The van der Waals surface area contributed by atoms with Crippen LogP contribution in [0.3, 0.4) is 0 Å². The second-order valence-corrected chi connectivity index (χ2v) is 8.38. The molecular weight excluding hydrogens is 350 g/mol. The van der Waals surface area contributed by atoms with Crippen LogP contribution in [-0.4, -0.2) is 45.2 Å². The molecule has 0 spiro atoms. The van der Waals surface area contributed by atoms with Crippen LogP contribution in [0.15, 0.2) is 18.2 Å². The normalized spacial score (nSPS) is 20.4. The molecule has 28 heavy (non-hydrogen) atoms. The van der Waals surface area contributed by atoms with Crippen LogP contribution in [0.2, 0.25) is 0 Å². The van der Waals surface area contributed by atoms with Gasteiger partial charge in [-0.05, 0) is 63.3 Å². The molecule has 0 saturated carbocycles. The smallest absolute Gasteiger partial charge is 0.238 e. The maximum Gasteiger partial charge on any atom is 0.238 e. The number of hydrogen-bond donors (Lipinski definition) is 1. The van der Waals surface area contributed by atoms with Crippen LogP contribution in [0, 0.1) is 13.8 Å². The molecule has 1 N–H and O–H groups in total. The third-order valence-corrected chi connectivity index (χ3v) is 6.04. The van der Waals surface area contributed by atoms with Crippen LogP contribution in [0.1, 0.15) is 60.8 Å². The van der Waals surface area contributed by atoms with E-state index in [0.29, 0.717) is 12.5 Å². The summed E-state index contributed by atoms with van der Waals surface area (Å²) in [5.41, 5.74) is 3.18. The second-order valence-electron chi connectivity index (χ2n) is 8.38. The van der Waals surface area contributed by atoms with Crippen molar-refractivity contribution in [2.24, 2.45) is 0 Å². The molecule has 4 rings (SSSR count). The Bertz CT molecular complexity index is 843. The number of aromatic nitrogens is 3. The Morgan fingerprint density at radius 1 is 1.14 bits per heavy atom. The fraction of sp³-hybridized carbons (Fsp3) is 0.591. The minimum Gasteiger partial charge on any atom is -0.325 e. The van der Waals surface area contributed by atoms with E-state index in [0.717, 1.165) is 67.4 Å². The fourth-order valence-corrected chi connectivity index (χ4v) is 4.48. The highest BCUT2D eigenvalue weighted by Crippen LogP contribution is 2.28. The maximum atomic E-state index is 12.6. The first kappa shape index (κ1) is 19.1. The van der Waals surface area contributed by atoms with Gasteiger partial charge in [0.05, 0.1) is 6.54 Å². The highest BCUT2D eigenvalue weighted by Gasteiger charge is 2.28. The molecule has 1 aromatic heterocycles. The average Bonchev–Trinajstić information content (AvgIpc) is 2.93. The van der Waals surface area contributed by atoms with Gasteiger partial charge in [-0.15, -0.1) is 10.2 Å². The Balaban J connectivity index is 1.40. The summed E-state index contributed by atoms with van der Waals surface area (Å²) in [7, 11) is 0. The van der Waals surface area contributed by atoms with Gasteiger partial charge in [0.15, 0.2) is 0 Å². The largest absolute Gasteiger partial charge is 0.325 e. The van der Waals surface area contributed by atoms with E-state index in [-0.39, 0.29) is 5.91 Å². The first-order valence-corrected chi connectivity index (χ1v) is 10.6. The number of carbonyl (C=O) groups excluding carboxylic acids is 1. The molecule has 0 aliphatic carbocycles. The molecule has 1 aromatic carbocycles. The van der Waals surface area contributed by atoms with Crippen molar-refractivity contribution in [3.8, 4) is 0 Å². The fourth-order valence-electron chi connectivity index (χ4n) is 4.48. The molecule has 6 nitrogen and oxygen atoms in total. The van der Waals surface area contributed by atoms with Gasteiger partial charge in [0.1, 0.15) is 11.6 Å². The third-order valence-electron chi connectivity index (χ3n) is 6.04. The number of hydrogen-bond acceptors (Lipinski definition) is 4. The van der Waals surface area contributed by atoms with E-state index in [4.69, 9.17) is 0 Å². The molecule has 6 heteroatoms. The summed E-state index contributed by atoms with van der Waals surface area (Å²) < 4.78 is 2.36.